The summed E-state index contributed by atoms with van der Waals surface area (Å²) in [5.74, 6) is 5.62. The van der Waals surface area contributed by atoms with Crippen LogP contribution in [0.3, 0.4) is 0 Å². The summed E-state index contributed by atoms with van der Waals surface area (Å²) in [7, 11) is 0. The summed E-state index contributed by atoms with van der Waals surface area (Å²) in [5.41, 5.74) is 6.26. The predicted octanol–water partition coefficient (Wildman–Crippen LogP) is 1.03. The van der Waals surface area contributed by atoms with Crippen LogP contribution in [0, 0.1) is 11.8 Å². The van der Waals surface area contributed by atoms with Crippen molar-refractivity contribution in [1.29, 1.82) is 0 Å². The van der Waals surface area contributed by atoms with Crippen molar-refractivity contribution in [2.24, 2.45) is 5.73 Å². The maximum atomic E-state index is 12.6. The highest BCUT2D eigenvalue weighted by Crippen LogP contribution is 2.22. The number of aromatic nitrogens is 1. The highest BCUT2D eigenvalue weighted by atomic mass is 16.5. The van der Waals surface area contributed by atoms with Gasteiger partial charge in [0.2, 0.25) is 0 Å². The number of amides is 1. The Morgan fingerprint density at radius 2 is 2.33 bits per heavy atom. The molecule has 1 fully saturated rings. The number of rotatable bonds is 1. The summed E-state index contributed by atoms with van der Waals surface area (Å²) < 4.78 is 5.82. The first-order valence-corrected chi connectivity index (χ1v) is 7.02. The van der Waals surface area contributed by atoms with E-state index in [4.69, 9.17) is 10.5 Å². The molecule has 0 aliphatic carbocycles. The van der Waals surface area contributed by atoms with Gasteiger partial charge < -0.3 is 15.4 Å². The molecule has 5 nitrogen and oxygen atoms in total. The molecule has 1 atom stereocenters. The quantitative estimate of drug-likeness (QED) is 0.783. The molecule has 1 unspecified atom stereocenters. The normalized spacial score (nSPS) is 20.6. The number of carbonyl (C=O) groups is 1. The lowest BCUT2D eigenvalue weighted by atomic mass is 10.0. The monoisotopic (exact) mass is 287 g/mol. The maximum Gasteiger partial charge on any atom is 0.255 e. The highest BCUT2D eigenvalue weighted by Gasteiger charge is 2.34. The molecule has 1 aromatic rings. The molecule has 21 heavy (non-hydrogen) atoms. The van der Waals surface area contributed by atoms with Crippen LogP contribution in [0.1, 0.15) is 36.7 Å². The summed E-state index contributed by atoms with van der Waals surface area (Å²) in [6.45, 7) is 7.39. The zero-order chi connectivity index (χ0) is 15.5. The van der Waals surface area contributed by atoms with E-state index in [0.717, 1.165) is 0 Å². The van der Waals surface area contributed by atoms with E-state index >= 15 is 0 Å². The molecule has 2 N–H and O–H groups in total. The molecule has 2 heterocycles. The van der Waals surface area contributed by atoms with Crippen LogP contribution in [0.2, 0.25) is 0 Å². The molecule has 1 aliphatic heterocycles. The lowest BCUT2D eigenvalue weighted by molar-refractivity contribution is -0.118. The third-order valence-electron chi connectivity index (χ3n) is 3.18. The van der Waals surface area contributed by atoms with Crippen LogP contribution in [0.25, 0.3) is 0 Å². The second-order valence-electron chi connectivity index (χ2n) is 5.84. The van der Waals surface area contributed by atoms with Crippen molar-refractivity contribution in [3.63, 3.8) is 0 Å². The Hall–Kier alpha value is -1.90. The number of hydrogen-bond acceptors (Lipinski definition) is 4. The molecule has 0 spiro atoms. The third-order valence-corrected chi connectivity index (χ3v) is 3.18. The van der Waals surface area contributed by atoms with Crippen molar-refractivity contribution in [3.05, 3.63) is 29.6 Å². The van der Waals surface area contributed by atoms with Crippen LogP contribution in [0.4, 0.5) is 0 Å². The standard InChI is InChI=1S/C16H21N3O2/c1-12-10-19(11-16(2,3)21-12)15(20)14-7-13(5-4-6-17)8-18-9-14/h7-9,12H,6,10-11,17H2,1-3H3. The molecular formula is C16H21N3O2. The Labute approximate surface area is 125 Å². The molecule has 0 bridgehead atoms. The van der Waals surface area contributed by atoms with Crippen LogP contribution < -0.4 is 5.73 Å². The van der Waals surface area contributed by atoms with Crippen LogP contribution in [0.15, 0.2) is 18.5 Å². The summed E-state index contributed by atoms with van der Waals surface area (Å²) in [5, 5.41) is 0. The zero-order valence-corrected chi connectivity index (χ0v) is 12.7. The first-order valence-electron chi connectivity index (χ1n) is 7.02. The molecular weight excluding hydrogens is 266 g/mol. The van der Waals surface area contributed by atoms with Gasteiger partial charge in [-0.3, -0.25) is 9.78 Å². The fourth-order valence-corrected chi connectivity index (χ4v) is 2.57. The van der Waals surface area contributed by atoms with Gasteiger partial charge in [0.1, 0.15) is 0 Å². The van der Waals surface area contributed by atoms with E-state index in [2.05, 4.69) is 16.8 Å². The molecule has 2 rings (SSSR count). The molecule has 0 radical (unpaired) electrons. The van der Waals surface area contributed by atoms with Crippen molar-refractivity contribution in [3.8, 4) is 11.8 Å². The largest absolute Gasteiger partial charge is 0.369 e. The third kappa shape index (κ3) is 4.03. The number of hydrogen-bond donors (Lipinski definition) is 1. The summed E-state index contributed by atoms with van der Waals surface area (Å²) in [6.07, 6.45) is 3.22. The summed E-state index contributed by atoms with van der Waals surface area (Å²) >= 11 is 0. The molecule has 0 saturated carbocycles. The predicted molar refractivity (Wildman–Crippen MR) is 80.7 cm³/mol. The van der Waals surface area contributed by atoms with E-state index < -0.39 is 0 Å². The minimum Gasteiger partial charge on any atom is -0.369 e. The molecule has 1 aromatic heterocycles. The van der Waals surface area contributed by atoms with Gasteiger partial charge in [-0.25, -0.2) is 0 Å². The zero-order valence-electron chi connectivity index (χ0n) is 12.7. The van der Waals surface area contributed by atoms with E-state index in [9.17, 15) is 4.79 Å². The Bertz CT molecular complexity index is 587. The fourth-order valence-electron chi connectivity index (χ4n) is 2.57. The molecule has 5 heteroatoms. The van der Waals surface area contributed by atoms with E-state index in [1.807, 2.05) is 25.7 Å². The second kappa shape index (κ2) is 6.25. The van der Waals surface area contributed by atoms with Gasteiger partial charge in [-0.15, -0.1) is 0 Å². The molecule has 1 aliphatic rings. The van der Waals surface area contributed by atoms with Gasteiger partial charge in [0.25, 0.3) is 5.91 Å². The second-order valence-corrected chi connectivity index (χ2v) is 5.84. The number of pyridine rings is 1. The van der Waals surface area contributed by atoms with Crippen LogP contribution in [0.5, 0.6) is 0 Å². The Morgan fingerprint density at radius 3 is 3.00 bits per heavy atom. The first kappa shape index (κ1) is 15.5. The van der Waals surface area contributed by atoms with Gasteiger partial charge in [-0.05, 0) is 26.8 Å². The minimum absolute atomic E-state index is 0.0193. The van der Waals surface area contributed by atoms with Crippen molar-refractivity contribution < 1.29 is 9.53 Å². The lowest BCUT2D eigenvalue weighted by Gasteiger charge is -2.41. The molecule has 112 valence electrons. The SMILES string of the molecule is CC1CN(C(=O)c2cncc(C#CCN)c2)CC(C)(C)O1. The van der Waals surface area contributed by atoms with Crippen molar-refractivity contribution >= 4 is 5.91 Å². The van der Waals surface area contributed by atoms with Gasteiger partial charge in [0.05, 0.1) is 23.8 Å². The smallest absolute Gasteiger partial charge is 0.255 e. The number of nitrogens with zero attached hydrogens (tertiary/aromatic N) is 2. The Morgan fingerprint density at radius 1 is 1.57 bits per heavy atom. The number of nitrogens with two attached hydrogens (primary N) is 1. The van der Waals surface area contributed by atoms with E-state index in [-0.39, 0.29) is 24.2 Å². The van der Waals surface area contributed by atoms with Crippen LogP contribution in [-0.2, 0) is 4.74 Å². The first-order chi connectivity index (χ1) is 9.91. The summed E-state index contributed by atoms with van der Waals surface area (Å²) in [6, 6.07) is 1.76. The van der Waals surface area contributed by atoms with Crippen molar-refractivity contribution in [1.82, 2.24) is 9.88 Å². The Kier molecular flexibility index (Phi) is 4.61. The average Bonchev–Trinajstić information content (AvgIpc) is 2.42. The lowest BCUT2D eigenvalue weighted by Crippen LogP contribution is -2.53. The van der Waals surface area contributed by atoms with E-state index in [0.29, 0.717) is 24.2 Å². The topological polar surface area (TPSA) is 68.5 Å². The fraction of sp³-hybridized carbons (Fsp3) is 0.500. The molecule has 1 saturated heterocycles. The number of ether oxygens (including phenoxy) is 1. The van der Waals surface area contributed by atoms with Crippen LogP contribution in [-0.4, -0.2) is 47.1 Å². The van der Waals surface area contributed by atoms with E-state index in [1.54, 1.807) is 18.5 Å². The van der Waals surface area contributed by atoms with Crippen LogP contribution >= 0.6 is 0 Å². The van der Waals surface area contributed by atoms with Crippen molar-refractivity contribution in [2.45, 2.75) is 32.5 Å². The van der Waals surface area contributed by atoms with Gasteiger partial charge in [0, 0.05) is 31.0 Å². The highest BCUT2D eigenvalue weighted by molar-refractivity contribution is 5.94. The van der Waals surface area contributed by atoms with Crippen molar-refractivity contribution in [2.75, 3.05) is 19.6 Å². The van der Waals surface area contributed by atoms with Gasteiger partial charge in [-0.1, -0.05) is 11.8 Å². The molecule has 1 amide bonds. The average molecular weight is 287 g/mol. The summed E-state index contributed by atoms with van der Waals surface area (Å²) in [4.78, 5) is 18.5. The Balaban J connectivity index is 2.19. The maximum absolute atomic E-state index is 12.6. The van der Waals surface area contributed by atoms with E-state index in [1.165, 1.54) is 0 Å². The minimum atomic E-state index is -0.336. The molecule has 0 aromatic carbocycles. The van der Waals surface area contributed by atoms with Gasteiger partial charge >= 0.3 is 0 Å². The van der Waals surface area contributed by atoms with Gasteiger partial charge in [0.15, 0.2) is 0 Å². The number of morpholine rings is 1. The number of carbonyl (C=O) groups excluding carboxylic acids is 1. The van der Waals surface area contributed by atoms with Gasteiger partial charge in [-0.2, -0.15) is 0 Å².